The number of halogens is 2. The number of nitrogens with zero attached hydrogens (tertiary/aromatic N) is 3. The van der Waals surface area contributed by atoms with Crippen LogP contribution in [0.2, 0.25) is 5.02 Å². The van der Waals surface area contributed by atoms with Gasteiger partial charge in [-0.25, -0.2) is 4.98 Å². The van der Waals surface area contributed by atoms with Gasteiger partial charge in [0.25, 0.3) is 0 Å². The summed E-state index contributed by atoms with van der Waals surface area (Å²) in [4.78, 5) is 19.3. The Morgan fingerprint density at radius 1 is 1.23 bits per heavy atom. The second-order valence-electron chi connectivity index (χ2n) is 6.34. The first-order valence-electron chi connectivity index (χ1n) is 8.66. The third kappa shape index (κ3) is 4.20. The van der Waals surface area contributed by atoms with Gasteiger partial charge < -0.3 is 9.30 Å². The minimum atomic E-state index is 0.0898. The van der Waals surface area contributed by atoms with Crippen LogP contribution in [0.15, 0.2) is 42.6 Å². The molecule has 3 aromatic rings. The Morgan fingerprint density at radius 2 is 1.96 bits per heavy atom. The Morgan fingerprint density at radius 3 is 2.65 bits per heavy atom. The molecule has 4 nitrogen and oxygen atoms in total. The van der Waals surface area contributed by atoms with Gasteiger partial charge in [0.1, 0.15) is 5.65 Å². The Labute approximate surface area is 172 Å². The summed E-state index contributed by atoms with van der Waals surface area (Å²) in [5, 5.41) is 0.622. The van der Waals surface area contributed by atoms with Gasteiger partial charge in [0.15, 0.2) is 0 Å². The van der Waals surface area contributed by atoms with Crippen molar-refractivity contribution >= 4 is 45.7 Å². The molecule has 0 fully saturated rings. The smallest absolute Gasteiger partial charge is 0.228 e. The van der Waals surface area contributed by atoms with E-state index in [4.69, 9.17) is 16.6 Å². The molecule has 2 heterocycles. The van der Waals surface area contributed by atoms with Crippen molar-refractivity contribution in [3.63, 3.8) is 0 Å². The zero-order valence-corrected chi connectivity index (χ0v) is 17.8. The minimum absolute atomic E-state index is 0.0898. The average molecular weight is 482 g/mol. The Kier molecular flexibility index (Phi) is 6.19. The summed E-state index contributed by atoms with van der Waals surface area (Å²) in [5.74, 6) is 0.0898. The van der Waals surface area contributed by atoms with Gasteiger partial charge in [0.2, 0.25) is 5.91 Å². The minimum Gasteiger partial charge on any atom is -0.345 e. The Balaban J connectivity index is 2.03. The van der Waals surface area contributed by atoms with Gasteiger partial charge in [-0.15, -0.1) is 0 Å². The maximum absolute atomic E-state index is 12.7. The number of hydrogen-bond donors (Lipinski definition) is 0. The molecule has 0 bridgehead atoms. The number of hydrogen-bond acceptors (Lipinski definition) is 2. The fourth-order valence-corrected chi connectivity index (χ4v) is 3.39. The summed E-state index contributed by atoms with van der Waals surface area (Å²) in [6, 6.07) is 11.9. The van der Waals surface area contributed by atoms with Crippen LogP contribution in [0.5, 0.6) is 0 Å². The van der Waals surface area contributed by atoms with Crippen LogP contribution in [0.4, 0.5) is 0 Å². The molecule has 6 heteroatoms. The van der Waals surface area contributed by atoms with Crippen molar-refractivity contribution in [3.05, 3.63) is 56.9 Å². The highest BCUT2D eigenvalue weighted by molar-refractivity contribution is 14.1. The molecule has 0 saturated carbocycles. The van der Waals surface area contributed by atoms with Crippen LogP contribution in [0.1, 0.15) is 25.5 Å². The molecule has 136 valence electrons. The predicted octanol–water partition coefficient (Wildman–Crippen LogP) is 5.06. The molecule has 0 aliphatic rings. The quantitative estimate of drug-likeness (QED) is 0.462. The summed E-state index contributed by atoms with van der Waals surface area (Å²) in [6.45, 7) is 2.89. The summed E-state index contributed by atoms with van der Waals surface area (Å²) in [7, 11) is 1.86. The number of benzene rings is 1. The van der Waals surface area contributed by atoms with Gasteiger partial charge in [-0.3, -0.25) is 4.79 Å². The lowest BCUT2D eigenvalue weighted by molar-refractivity contribution is -0.129. The van der Waals surface area contributed by atoms with E-state index in [9.17, 15) is 4.79 Å². The molecule has 0 radical (unpaired) electrons. The molecule has 0 N–H and O–H groups in total. The van der Waals surface area contributed by atoms with E-state index >= 15 is 0 Å². The van der Waals surface area contributed by atoms with E-state index in [1.807, 2.05) is 54.0 Å². The standard InChI is InChI=1S/C20H21ClIN3O/c1-3-4-11-24(2)19(26)12-17-20(14-5-8-16(22)9-6-14)23-18-10-7-15(21)13-25(17)18/h5-10,13H,3-4,11-12H2,1-2H3. The third-order valence-corrected chi connectivity index (χ3v) is 5.33. The number of rotatable bonds is 6. The van der Waals surface area contributed by atoms with Crippen molar-refractivity contribution in [3.8, 4) is 11.3 Å². The van der Waals surface area contributed by atoms with Gasteiger partial charge in [-0.05, 0) is 53.3 Å². The molecule has 26 heavy (non-hydrogen) atoms. The highest BCUT2D eigenvalue weighted by atomic mass is 127. The predicted molar refractivity (Wildman–Crippen MR) is 115 cm³/mol. The van der Waals surface area contributed by atoms with Crippen LogP contribution in [-0.4, -0.2) is 33.8 Å². The molecular weight excluding hydrogens is 461 g/mol. The van der Waals surface area contributed by atoms with Crippen LogP contribution >= 0.6 is 34.2 Å². The van der Waals surface area contributed by atoms with E-state index in [0.29, 0.717) is 11.4 Å². The molecule has 0 aliphatic heterocycles. The molecule has 1 aromatic carbocycles. The van der Waals surface area contributed by atoms with Gasteiger partial charge >= 0.3 is 0 Å². The first-order chi connectivity index (χ1) is 12.5. The third-order valence-electron chi connectivity index (χ3n) is 4.39. The summed E-state index contributed by atoms with van der Waals surface area (Å²) >= 11 is 8.47. The number of amides is 1. The number of carbonyl (C=O) groups is 1. The molecule has 2 aromatic heterocycles. The molecule has 0 unspecified atom stereocenters. The van der Waals surface area contributed by atoms with Crippen molar-refractivity contribution in [2.75, 3.05) is 13.6 Å². The first kappa shape index (κ1) is 19.2. The number of likely N-dealkylation sites (N-methyl/N-ethyl adjacent to an activating group) is 1. The van der Waals surface area contributed by atoms with Crippen molar-refractivity contribution in [2.45, 2.75) is 26.2 Å². The topological polar surface area (TPSA) is 37.6 Å². The van der Waals surface area contributed by atoms with E-state index in [1.165, 1.54) is 0 Å². The first-order valence-corrected chi connectivity index (χ1v) is 10.1. The highest BCUT2D eigenvalue weighted by Gasteiger charge is 2.19. The molecule has 3 rings (SSSR count). The van der Waals surface area contributed by atoms with Crippen molar-refractivity contribution in [1.82, 2.24) is 14.3 Å². The lowest BCUT2D eigenvalue weighted by Crippen LogP contribution is -2.29. The molecular formula is C20H21ClIN3O. The van der Waals surface area contributed by atoms with Gasteiger partial charge in [0, 0.05) is 28.9 Å². The normalized spacial score (nSPS) is 11.1. The zero-order valence-electron chi connectivity index (χ0n) is 14.9. The molecule has 0 saturated heterocycles. The number of pyridine rings is 1. The van der Waals surface area contributed by atoms with Gasteiger partial charge in [-0.1, -0.05) is 37.1 Å². The van der Waals surface area contributed by atoms with Crippen LogP contribution in [0, 0.1) is 3.57 Å². The van der Waals surface area contributed by atoms with E-state index in [0.717, 1.165) is 45.6 Å². The van der Waals surface area contributed by atoms with E-state index in [-0.39, 0.29) is 5.91 Å². The SMILES string of the molecule is CCCCN(C)C(=O)Cc1c(-c2ccc(I)cc2)nc2ccc(Cl)cn12. The average Bonchev–Trinajstić information content (AvgIpc) is 2.98. The van der Waals surface area contributed by atoms with Crippen LogP contribution in [0.3, 0.4) is 0 Å². The maximum atomic E-state index is 12.7. The second kappa shape index (κ2) is 8.39. The largest absolute Gasteiger partial charge is 0.345 e. The fourth-order valence-electron chi connectivity index (χ4n) is 2.87. The highest BCUT2D eigenvalue weighted by Crippen LogP contribution is 2.27. The van der Waals surface area contributed by atoms with Crippen LogP contribution < -0.4 is 0 Å². The molecule has 0 spiro atoms. The summed E-state index contributed by atoms with van der Waals surface area (Å²) in [5.41, 5.74) is 3.50. The summed E-state index contributed by atoms with van der Waals surface area (Å²) < 4.78 is 3.09. The van der Waals surface area contributed by atoms with E-state index < -0.39 is 0 Å². The lowest BCUT2D eigenvalue weighted by Gasteiger charge is -2.17. The molecule has 1 amide bonds. The number of imidazole rings is 1. The fraction of sp³-hybridized carbons (Fsp3) is 0.300. The maximum Gasteiger partial charge on any atom is 0.228 e. The van der Waals surface area contributed by atoms with Crippen molar-refractivity contribution in [1.29, 1.82) is 0 Å². The Bertz CT molecular complexity index is 921. The number of unbranched alkanes of at least 4 members (excludes halogenated alkanes) is 1. The monoisotopic (exact) mass is 481 g/mol. The molecule has 0 aliphatic carbocycles. The van der Waals surface area contributed by atoms with Gasteiger partial charge in [0.05, 0.1) is 22.8 Å². The van der Waals surface area contributed by atoms with Crippen molar-refractivity contribution in [2.24, 2.45) is 0 Å². The van der Waals surface area contributed by atoms with Gasteiger partial charge in [-0.2, -0.15) is 0 Å². The van der Waals surface area contributed by atoms with E-state index in [2.05, 4.69) is 29.5 Å². The number of carbonyl (C=O) groups excluding carboxylic acids is 1. The number of aromatic nitrogens is 2. The van der Waals surface area contributed by atoms with E-state index in [1.54, 1.807) is 4.90 Å². The number of fused-ring (bicyclic) bond motifs is 1. The van der Waals surface area contributed by atoms with Crippen LogP contribution in [0.25, 0.3) is 16.9 Å². The summed E-state index contributed by atoms with van der Waals surface area (Å²) in [6.07, 6.45) is 4.19. The second-order valence-corrected chi connectivity index (χ2v) is 8.02. The lowest BCUT2D eigenvalue weighted by atomic mass is 10.1. The van der Waals surface area contributed by atoms with Crippen molar-refractivity contribution < 1.29 is 4.79 Å². The molecule has 0 atom stereocenters. The Hall–Kier alpha value is -1.60. The van der Waals surface area contributed by atoms with Crippen LogP contribution in [-0.2, 0) is 11.2 Å². The zero-order chi connectivity index (χ0) is 18.7.